The van der Waals surface area contributed by atoms with Crippen LogP contribution in [0.1, 0.15) is 90.4 Å². The highest BCUT2D eigenvalue weighted by Crippen LogP contribution is 2.30. The molecule has 0 spiro atoms. The Kier molecular flexibility index (Phi) is 10.00. The van der Waals surface area contributed by atoms with Crippen LogP contribution in [0, 0.1) is 11.8 Å². The highest BCUT2D eigenvalue weighted by Gasteiger charge is 2.25. The van der Waals surface area contributed by atoms with Crippen molar-refractivity contribution in [1.29, 1.82) is 0 Å². The van der Waals surface area contributed by atoms with Gasteiger partial charge in [0.2, 0.25) is 0 Å². The van der Waals surface area contributed by atoms with Gasteiger partial charge in [0.05, 0.1) is 0 Å². The van der Waals surface area contributed by atoms with Crippen molar-refractivity contribution in [2.75, 3.05) is 6.61 Å². The minimum absolute atomic E-state index is 0.305. The van der Waals surface area contributed by atoms with E-state index < -0.39 is 0 Å². The van der Waals surface area contributed by atoms with Gasteiger partial charge < -0.3 is 5.11 Å². The molecule has 0 saturated heterocycles. The average molecular weight is 282 g/mol. The molecule has 0 amide bonds. The number of hydrogen-bond donors (Lipinski definition) is 1. The van der Waals surface area contributed by atoms with Gasteiger partial charge in [0.25, 0.3) is 0 Å². The molecule has 0 aromatic heterocycles. The van der Waals surface area contributed by atoms with E-state index in [0.717, 1.165) is 38.5 Å². The van der Waals surface area contributed by atoms with E-state index in [0.29, 0.717) is 24.2 Å². The normalized spacial score (nSPS) is 22.9. The predicted molar refractivity (Wildman–Crippen MR) is 84.8 cm³/mol. The largest absolute Gasteiger partial charge is 0.396 e. The molecular weight excluding hydrogens is 248 g/mol. The molecule has 1 fully saturated rings. The maximum atomic E-state index is 12.1. The number of carbonyl (C=O) groups is 1. The third-order valence-electron chi connectivity index (χ3n) is 4.84. The van der Waals surface area contributed by atoms with Crippen LogP contribution < -0.4 is 0 Å². The molecule has 1 N–H and O–H groups in total. The van der Waals surface area contributed by atoms with E-state index in [9.17, 15) is 4.79 Å². The molecule has 1 rings (SSSR count). The Morgan fingerprint density at radius 2 is 1.45 bits per heavy atom. The van der Waals surface area contributed by atoms with Crippen molar-refractivity contribution < 1.29 is 9.90 Å². The monoisotopic (exact) mass is 282 g/mol. The van der Waals surface area contributed by atoms with Crippen molar-refractivity contribution >= 4 is 5.78 Å². The predicted octanol–water partition coefficient (Wildman–Crippen LogP) is 4.89. The summed E-state index contributed by atoms with van der Waals surface area (Å²) in [4.78, 5) is 12.1. The van der Waals surface area contributed by atoms with Crippen molar-refractivity contribution in [3.8, 4) is 0 Å². The summed E-state index contributed by atoms with van der Waals surface area (Å²) < 4.78 is 0. The molecule has 0 unspecified atom stereocenters. The van der Waals surface area contributed by atoms with Crippen molar-refractivity contribution in [2.45, 2.75) is 90.4 Å². The van der Waals surface area contributed by atoms with Crippen LogP contribution >= 0.6 is 0 Å². The molecule has 0 heterocycles. The van der Waals surface area contributed by atoms with Crippen LogP contribution in [0.2, 0.25) is 0 Å². The van der Waals surface area contributed by atoms with Crippen LogP contribution in [-0.4, -0.2) is 17.5 Å². The lowest BCUT2D eigenvalue weighted by Gasteiger charge is -2.26. The number of Topliss-reactive ketones (excluding diaryl/α,β-unsaturated/α-hetero) is 1. The van der Waals surface area contributed by atoms with E-state index in [1.54, 1.807) is 0 Å². The van der Waals surface area contributed by atoms with Gasteiger partial charge in [0.15, 0.2) is 0 Å². The fraction of sp³-hybridized carbons (Fsp3) is 0.944. The summed E-state index contributed by atoms with van der Waals surface area (Å²) in [7, 11) is 0. The van der Waals surface area contributed by atoms with Crippen LogP contribution in [0.25, 0.3) is 0 Å². The first-order valence-corrected chi connectivity index (χ1v) is 8.91. The summed E-state index contributed by atoms with van der Waals surface area (Å²) in [5, 5.41) is 9.11. The average Bonchev–Trinajstić information content (AvgIpc) is 2.50. The minimum Gasteiger partial charge on any atom is -0.396 e. The molecule has 0 atom stereocenters. The fourth-order valence-electron chi connectivity index (χ4n) is 3.30. The second kappa shape index (κ2) is 11.3. The van der Waals surface area contributed by atoms with Gasteiger partial charge in [-0.15, -0.1) is 0 Å². The van der Waals surface area contributed by atoms with E-state index >= 15 is 0 Å². The van der Waals surface area contributed by atoms with Gasteiger partial charge in [-0.3, -0.25) is 4.79 Å². The summed E-state index contributed by atoms with van der Waals surface area (Å²) in [6.07, 6.45) is 15.3. The van der Waals surface area contributed by atoms with Gasteiger partial charge >= 0.3 is 0 Å². The maximum Gasteiger partial charge on any atom is 0.135 e. The van der Waals surface area contributed by atoms with Gasteiger partial charge in [-0.05, 0) is 38.0 Å². The Bertz CT molecular complexity index is 242. The molecule has 2 heteroatoms. The van der Waals surface area contributed by atoms with E-state index in [2.05, 4.69) is 6.92 Å². The first-order valence-electron chi connectivity index (χ1n) is 8.91. The Labute approximate surface area is 125 Å². The van der Waals surface area contributed by atoms with Crippen LogP contribution in [0.3, 0.4) is 0 Å². The molecule has 1 aliphatic carbocycles. The van der Waals surface area contributed by atoms with E-state index in [-0.39, 0.29) is 0 Å². The smallest absolute Gasteiger partial charge is 0.135 e. The minimum atomic E-state index is 0.305. The van der Waals surface area contributed by atoms with Crippen molar-refractivity contribution in [3.63, 3.8) is 0 Å². The number of unbranched alkanes of at least 4 members (excludes halogenated alkanes) is 7. The second-order valence-corrected chi connectivity index (χ2v) is 6.59. The Balaban J connectivity index is 1.95. The first-order chi connectivity index (χ1) is 9.77. The SMILES string of the molecule is CCCCCCCCCCC(=O)C1CCC(CO)CC1. The number of ketones is 1. The lowest BCUT2D eigenvalue weighted by molar-refractivity contribution is -0.124. The zero-order valence-corrected chi connectivity index (χ0v) is 13.4. The second-order valence-electron chi connectivity index (χ2n) is 6.59. The lowest BCUT2D eigenvalue weighted by Crippen LogP contribution is -2.23. The maximum absolute atomic E-state index is 12.1. The molecule has 0 radical (unpaired) electrons. The zero-order valence-electron chi connectivity index (χ0n) is 13.4. The molecule has 0 aromatic carbocycles. The molecule has 0 aliphatic heterocycles. The lowest BCUT2D eigenvalue weighted by atomic mass is 9.79. The summed E-state index contributed by atoms with van der Waals surface area (Å²) in [6.45, 7) is 2.55. The van der Waals surface area contributed by atoms with Crippen molar-refractivity contribution in [3.05, 3.63) is 0 Å². The molecule has 20 heavy (non-hydrogen) atoms. The number of rotatable bonds is 11. The highest BCUT2D eigenvalue weighted by atomic mass is 16.3. The zero-order chi connectivity index (χ0) is 14.6. The van der Waals surface area contributed by atoms with Gasteiger partial charge in [-0.1, -0.05) is 51.9 Å². The van der Waals surface area contributed by atoms with E-state index in [1.807, 2.05) is 0 Å². The summed E-state index contributed by atoms with van der Waals surface area (Å²) >= 11 is 0. The van der Waals surface area contributed by atoms with Crippen molar-refractivity contribution in [1.82, 2.24) is 0 Å². The van der Waals surface area contributed by atoms with Crippen molar-refractivity contribution in [2.24, 2.45) is 11.8 Å². The Hall–Kier alpha value is -0.370. The summed E-state index contributed by atoms with van der Waals surface area (Å²) in [6, 6.07) is 0. The van der Waals surface area contributed by atoms with Crippen LogP contribution in [-0.2, 0) is 4.79 Å². The molecule has 1 saturated carbocycles. The van der Waals surface area contributed by atoms with E-state index in [1.165, 1.54) is 44.9 Å². The summed E-state index contributed by atoms with van der Waals surface area (Å²) in [5.41, 5.74) is 0. The van der Waals surface area contributed by atoms with Crippen LogP contribution in [0.15, 0.2) is 0 Å². The topological polar surface area (TPSA) is 37.3 Å². The van der Waals surface area contributed by atoms with Crippen LogP contribution in [0.4, 0.5) is 0 Å². The molecule has 0 aromatic rings. The molecule has 1 aliphatic rings. The van der Waals surface area contributed by atoms with Gasteiger partial charge in [-0.2, -0.15) is 0 Å². The molecule has 2 nitrogen and oxygen atoms in total. The third kappa shape index (κ3) is 7.42. The molecule has 118 valence electrons. The van der Waals surface area contributed by atoms with E-state index in [4.69, 9.17) is 5.11 Å². The Morgan fingerprint density at radius 1 is 0.900 bits per heavy atom. The number of aliphatic hydroxyl groups is 1. The molecular formula is C18H34O2. The number of carbonyl (C=O) groups excluding carboxylic acids is 1. The highest BCUT2D eigenvalue weighted by molar-refractivity contribution is 5.81. The first kappa shape index (κ1) is 17.7. The Morgan fingerprint density at radius 3 is 2.00 bits per heavy atom. The molecule has 0 bridgehead atoms. The fourth-order valence-corrected chi connectivity index (χ4v) is 3.30. The standard InChI is InChI=1S/C18H34O2/c1-2-3-4-5-6-7-8-9-10-18(20)17-13-11-16(15-19)12-14-17/h16-17,19H,2-15H2,1H3. The van der Waals surface area contributed by atoms with Gasteiger partial charge in [0, 0.05) is 18.9 Å². The number of aliphatic hydroxyl groups excluding tert-OH is 1. The van der Waals surface area contributed by atoms with Crippen LogP contribution in [0.5, 0.6) is 0 Å². The van der Waals surface area contributed by atoms with Gasteiger partial charge in [-0.25, -0.2) is 0 Å². The third-order valence-corrected chi connectivity index (χ3v) is 4.84. The summed E-state index contributed by atoms with van der Waals surface area (Å²) in [5.74, 6) is 1.26. The number of hydrogen-bond acceptors (Lipinski definition) is 2. The quantitative estimate of drug-likeness (QED) is 0.548. The van der Waals surface area contributed by atoms with Gasteiger partial charge in [0.1, 0.15) is 5.78 Å².